The third-order valence-corrected chi connectivity index (χ3v) is 5.36. The van der Waals surface area contributed by atoms with Crippen LogP contribution in [0.3, 0.4) is 0 Å². The molecular weight excluding hydrogens is 364 g/mol. The molecule has 1 aliphatic rings. The molecule has 0 aliphatic carbocycles. The maximum atomic E-state index is 11.3. The lowest BCUT2D eigenvalue weighted by molar-refractivity contribution is -0.384. The van der Waals surface area contributed by atoms with E-state index in [1.807, 2.05) is 39.5 Å². The fraction of sp³-hybridized carbons (Fsp3) is 0.316. The minimum atomic E-state index is -0.392. The topological polar surface area (TPSA) is 76.5 Å². The number of rotatable bonds is 4. The van der Waals surface area contributed by atoms with Crippen molar-refractivity contribution >= 4 is 28.9 Å². The van der Waals surface area contributed by atoms with Crippen molar-refractivity contribution in [2.45, 2.75) is 25.6 Å². The number of aromatic nitrogens is 2. The van der Waals surface area contributed by atoms with Crippen molar-refractivity contribution in [3.8, 4) is 5.69 Å². The van der Waals surface area contributed by atoms with Gasteiger partial charge in [0.1, 0.15) is 0 Å². The van der Waals surface area contributed by atoms with Crippen LogP contribution in [-0.4, -0.2) is 43.3 Å². The van der Waals surface area contributed by atoms with E-state index >= 15 is 0 Å². The summed E-state index contributed by atoms with van der Waals surface area (Å²) in [7, 11) is 0. The quantitative estimate of drug-likeness (QED) is 0.423. The number of piperidine rings is 1. The van der Waals surface area contributed by atoms with Crippen LogP contribution in [0.2, 0.25) is 0 Å². The second-order valence-corrected chi connectivity index (χ2v) is 7.19. The summed E-state index contributed by atoms with van der Waals surface area (Å²) < 4.78 is 4.44. The molecular formula is C19H20N4O3S. The Morgan fingerprint density at radius 1 is 1.19 bits per heavy atom. The van der Waals surface area contributed by atoms with Gasteiger partial charge in [-0.15, -0.1) is 0 Å². The van der Waals surface area contributed by atoms with E-state index in [2.05, 4.69) is 4.90 Å². The van der Waals surface area contributed by atoms with Gasteiger partial charge >= 0.3 is 0 Å². The summed E-state index contributed by atoms with van der Waals surface area (Å²) in [4.78, 5) is 13.0. The number of aliphatic hydroxyl groups excluding tert-OH is 1. The van der Waals surface area contributed by atoms with Gasteiger partial charge in [-0.3, -0.25) is 19.6 Å². The van der Waals surface area contributed by atoms with Crippen molar-refractivity contribution in [1.82, 2.24) is 14.0 Å². The molecule has 1 atom stereocenters. The van der Waals surface area contributed by atoms with Gasteiger partial charge in [-0.05, 0) is 43.3 Å². The first-order valence-corrected chi connectivity index (χ1v) is 9.31. The van der Waals surface area contributed by atoms with Crippen molar-refractivity contribution < 1.29 is 10.0 Å². The van der Waals surface area contributed by atoms with Gasteiger partial charge < -0.3 is 9.67 Å². The van der Waals surface area contributed by atoms with E-state index in [0.29, 0.717) is 18.0 Å². The molecule has 2 heterocycles. The number of para-hydroxylation sites is 1. The number of fused-ring (bicyclic) bond motifs is 1. The van der Waals surface area contributed by atoms with Gasteiger partial charge in [0, 0.05) is 30.9 Å². The molecule has 0 spiro atoms. The Kier molecular flexibility index (Phi) is 4.77. The van der Waals surface area contributed by atoms with Crippen molar-refractivity contribution in [3.63, 3.8) is 0 Å². The van der Waals surface area contributed by atoms with Crippen molar-refractivity contribution in [3.05, 3.63) is 63.4 Å². The number of aliphatic hydroxyl groups is 1. The maximum absolute atomic E-state index is 11.3. The van der Waals surface area contributed by atoms with E-state index in [9.17, 15) is 15.2 Å². The Balaban J connectivity index is 1.88. The van der Waals surface area contributed by atoms with Crippen LogP contribution >= 0.6 is 12.2 Å². The van der Waals surface area contributed by atoms with Crippen LogP contribution in [0.25, 0.3) is 16.7 Å². The predicted octanol–water partition coefficient (Wildman–Crippen LogP) is 3.48. The predicted molar refractivity (Wildman–Crippen MR) is 106 cm³/mol. The summed E-state index contributed by atoms with van der Waals surface area (Å²) in [5.41, 5.74) is 2.50. The summed E-state index contributed by atoms with van der Waals surface area (Å²) in [6, 6.07) is 14.6. The summed E-state index contributed by atoms with van der Waals surface area (Å²) in [5, 5.41) is 21.2. The second-order valence-electron chi connectivity index (χ2n) is 6.83. The summed E-state index contributed by atoms with van der Waals surface area (Å²) in [6.45, 7) is 1.94. The van der Waals surface area contributed by atoms with Crippen LogP contribution < -0.4 is 0 Å². The third-order valence-electron chi connectivity index (χ3n) is 4.96. The largest absolute Gasteiger partial charge is 0.392 e. The number of nitro groups is 1. The zero-order valence-electron chi connectivity index (χ0n) is 14.7. The first-order chi connectivity index (χ1) is 13.0. The summed E-state index contributed by atoms with van der Waals surface area (Å²) in [6.07, 6.45) is 1.38. The third kappa shape index (κ3) is 3.39. The molecule has 1 aromatic heterocycles. The van der Waals surface area contributed by atoms with Crippen LogP contribution in [0.1, 0.15) is 12.8 Å². The molecule has 0 saturated carbocycles. The highest BCUT2D eigenvalue weighted by Crippen LogP contribution is 2.27. The molecule has 8 heteroatoms. The number of nitrogens with zero attached hydrogens (tertiary/aromatic N) is 4. The normalized spacial score (nSPS) is 18.0. The zero-order valence-corrected chi connectivity index (χ0v) is 15.5. The number of hydrogen-bond donors (Lipinski definition) is 1. The molecule has 1 fully saturated rings. The number of hydrogen-bond acceptors (Lipinski definition) is 5. The molecule has 4 rings (SSSR count). The Labute approximate surface area is 161 Å². The molecule has 0 amide bonds. The molecule has 0 unspecified atom stereocenters. The number of imidazole rings is 1. The molecule has 1 N–H and O–H groups in total. The van der Waals surface area contributed by atoms with Crippen molar-refractivity contribution in [2.24, 2.45) is 0 Å². The van der Waals surface area contributed by atoms with E-state index in [0.717, 1.165) is 36.1 Å². The van der Waals surface area contributed by atoms with Crippen LogP contribution in [0.5, 0.6) is 0 Å². The summed E-state index contributed by atoms with van der Waals surface area (Å²) in [5.74, 6) is 0. The summed E-state index contributed by atoms with van der Waals surface area (Å²) >= 11 is 5.75. The molecule has 2 aromatic carbocycles. The standard InChI is InChI=1S/C19H20N4O3S/c24-16-7-4-10-20(12-16)13-21-18-11-15(23(25)26)8-9-17(18)22(19(21)27)14-5-2-1-3-6-14/h1-3,5-6,8-9,11,16,24H,4,7,10,12-13H2/t16-/m0/s1. The lowest BCUT2D eigenvalue weighted by Gasteiger charge is -2.30. The molecule has 27 heavy (non-hydrogen) atoms. The van der Waals surface area contributed by atoms with Crippen molar-refractivity contribution in [2.75, 3.05) is 13.1 Å². The lowest BCUT2D eigenvalue weighted by atomic mass is 10.1. The van der Waals surface area contributed by atoms with Crippen molar-refractivity contribution in [1.29, 1.82) is 0 Å². The highest BCUT2D eigenvalue weighted by atomic mass is 32.1. The molecule has 1 saturated heterocycles. The van der Waals surface area contributed by atoms with E-state index in [-0.39, 0.29) is 11.8 Å². The highest BCUT2D eigenvalue weighted by molar-refractivity contribution is 7.71. The maximum Gasteiger partial charge on any atom is 0.271 e. The van der Waals surface area contributed by atoms with Gasteiger partial charge in [0.05, 0.1) is 28.7 Å². The molecule has 1 aliphatic heterocycles. The van der Waals surface area contributed by atoms with Gasteiger partial charge in [-0.25, -0.2) is 0 Å². The van der Waals surface area contributed by atoms with Crippen LogP contribution in [-0.2, 0) is 6.67 Å². The van der Waals surface area contributed by atoms with E-state index < -0.39 is 4.92 Å². The molecule has 0 radical (unpaired) electrons. The van der Waals surface area contributed by atoms with Crippen LogP contribution in [0, 0.1) is 14.9 Å². The number of β-amino-alcohol motifs (C(OH)–C–C–N with tert-alkyl or cyclic N) is 1. The molecule has 0 bridgehead atoms. The Hall–Kier alpha value is -2.55. The number of non-ortho nitro benzene ring substituents is 1. The first kappa shape index (κ1) is 17.8. The Bertz CT molecular complexity index is 1040. The number of likely N-dealkylation sites (tertiary alicyclic amines) is 1. The monoisotopic (exact) mass is 384 g/mol. The average molecular weight is 384 g/mol. The van der Waals surface area contributed by atoms with E-state index in [1.54, 1.807) is 12.1 Å². The van der Waals surface area contributed by atoms with Gasteiger partial charge in [-0.1, -0.05) is 18.2 Å². The average Bonchev–Trinajstić information content (AvgIpc) is 2.93. The fourth-order valence-corrected chi connectivity index (χ4v) is 4.04. The van der Waals surface area contributed by atoms with Gasteiger partial charge in [0.15, 0.2) is 4.77 Å². The van der Waals surface area contributed by atoms with Crippen LogP contribution in [0.4, 0.5) is 5.69 Å². The molecule has 7 nitrogen and oxygen atoms in total. The Morgan fingerprint density at radius 3 is 2.67 bits per heavy atom. The van der Waals surface area contributed by atoms with E-state index in [1.165, 1.54) is 6.07 Å². The molecule has 3 aromatic rings. The minimum Gasteiger partial charge on any atom is -0.392 e. The van der Waals surface area contributed by atoms with Gasteiger partial charge in [0.25, 0.3) is 5.69 Å². The Morgan fingerprint density at radius 2 is 1.96 bits per heavy atom. The fourth-order valence-electron chi connectivity index (χ4n) is 3.68. The lowest BCUT2D eigenvalue weighted by Crippen LogP contribution is -2.39. The van der Waals surface area contributed by atoms with E-state index in [4.69, 9.17) is 12.2 Å². The number of benzene rings is 2. The molecule has 140 valence electrons. The minimum absolute atomic E-state index is 0.0372. The van der Waals surface area contributed by atoms with Gasteiger partial charge in [-0.2, -0.15) is 0 Å². The first-order valence-electron chi connectivity index (χ1n) is 8.90. The number of nitro benzene ring substituents is 1. The highest BCUT2D eigenvalue weighted by Gasteiger charge is 2.21. The van der Waals surface area contributed by atoms with Crippen LogP contribution in [0.15, 0.2) is 48.5 Å². The zero-order chi connectivity index (χ0) is 19.0. The SMILES string of the molecule is O=[N+]([O-])c1ccc2c(c1)n(CN1CCC[C@H](O)C1)c(=S)n2-c1ccccc1. The van der Waals surface area contributed by atoms with Gasteiger partial charge in [0.2, 0.25) is 0 Å². The smallest absolute Gasteiger partial charge is 0.271 e. The second kappa shape index (κ2) is 7.22.